The number of hydrogen-bond acceptors (Lipinski definition) is 2. The second-order valence-electron chi connectivity index (χ2n) is 6.30. The standard InChI is InChI=1S/C24H19FO2/c1-3-4-5-18-8-15-23(22(25)16-18)27-24(26)21-13-11-20(12-14-21)19-9-6-17(2)7-10-19/h1,6-16H,4-5H2,2H3. The number of carbonyl (C=O) groups is 1. The first-order valence-corrected chi connectivity index (χ1v) is 8.68. The van der Waals surface area contributed by atoms with Gasteiger partial charge in [0.25, 0.3) is 0 Å². The predicted molar refractivity (Wildman–Crippen MR) is 105 cm³/mol. The first-order chi connectivity index (χ1) is 13.1. The van der Waals surface area contributed by atoms with E-state index in [1.165, 1.54) is 17.7 Å². The monoisotopic (exact) mass is 358 g/mol. The van der Waals surface area contributed by atoms with E-state index in [1.807, 2.05) is 43.3 Å². The first kappa shape index (κ1) is 18.4. The van der Waals surface area contributed by atoms with Crippen LogP contribution in [0.2, 0.25) is 0 Å². The zero-order chi connectivity index (χ0) is 19.2. The van der Waals surface area contributed by atoms with E-state index >= 15 is 0 Å². The van der Waals surface area contributed by atoms with E-state index in [9.17, 15) is 9.18 Å². The fraction of sp³-hybridized carbons (Fsp3) is 0.125. The summed E-state index contributed by atoms with van der Waals surface area (Å²) in [4.78, 5) is 12.3. The summed E-state index contributed by atoms with van der Waals surface area (Å²) in [6.07, 6.45) is 6.33. The zero-order valence-corrected chi connectivity index (χ0v) is 15.0. The Bertz CT molecular complexity index is 980. The van der Waals surface area contributed by atoms with Crippen LogP contribution in [0.1, 0.15) is 27.9 Å². The van der Waals surface area contributed by atoms with Crippen molar-refractivity contribution in [3.05, 3.63) is 89.2 Å². The summed E-state index contributed by atoms with van der Waals surface area (Å²) in [5, 5.41) is 0. The minimum Gasteiger partial charge on any atom is -0.420 e. The fourth-order valence-corrected chi connectivity index (χ4v) is 2.70. The average molecular weight is 358 g/mol. The molecule has 3 heteroatoms. The highest BCUT2D eigenvalue weighted by Gasteiger charge is 2.13. The lowest BCUT2D eigenvalue weighted by Gasteiger charge is -2.08. The molecular formula is C24H19FO2. The predicted octanol–water partition coefficient (Wildman–Crippen LogP) is 5.59. The molecule has 0 aliphatic rings. The third kappa shape index (κ3) is 4.62. The van der Waals surface area contributed by atoms with Gasteiger partial charge in [-0.2, -0.15) is 0 Å². The van der Waals surface area contributed by atoms with Crippen LogP contribution in [-0.2, 0) is 6.42 Å². The van der Waals surface area contributed by atoms with Crippen LogP contribution in [0.4, 0.5) is 4.39 Å². The molecule has 0 unspecified atom stereocenters. The van der Waals surface area contributed by atoms with Crippen molar-refractivity contribution in [2.45, 2.75) is 19.8 Å². The summed E-state index contributed by atoms with van der Waals surface area (Å²) in [6.45, 7) is 2.03. The van der Waals surface area contributed by atoms with Crippen molar-refractivity contribution in [1.82, 2.24) is 0 Å². The van der Waals surface area contributed by atoms with Gasteiger partial charge >= 0.3 is 5.97 Å². The molecule has 0 aliphatic carbocycles. The van der Waals surface area contributed by atoms with Gasteiger partial charge in [-0.25, -0.2) is 9.18 Å². The molecule has 3 aromatic rings. The van der Waals surface area contributed by atoms with Gasteiger partial charge in [-0.15, -0.1) is 12.3 Å². The minimum atomic E-state index is -0.597. The first-order valence-electron chi connectivity index (χ1n) is 8.68. The maximum absolute atomic E-state index is 14.1. The Morgan fingerprint density at radius 3 is 2.22 bits per heavy atom. The summed E-state index contributed by atoms with van der Waals surface area (Å²) in [5.74, 6) is 1.25. The number of terminal acetylenes is 1. The van der Waals surface area contributed by atoms with Gasteiger partial charge in [-0.1, -0.05) is 48.0 Å². The van der Waals surface area contributed by atoms with Crippen LogP contribution in [0.25, 0.3) is 11.1 Å². The summed E-state index contributed by atoms with van der Waals surface area (Å²) in [7, 11) is 0. The third-order valence-electron chi connectivity index (χ3n) is 4.26. The van der Waals surface area contributed by atoms with Crippen molar-refractivity contribution in [1.29, 1.82) is 0 Å². The quantitative estimate of drug-likeness (QED) is 0.338. The molecule has 0 spiro atoms. The molecule has 0 amide bonds. The van der Waals surface area contributed by atoms with Crippen molar-refractivity contribution < 1.29 is 13.9 Å². The van der Waals surface area contributed by atoms with Gasteiger partial charge in [0.15, 0.2) is 11.6 Å². The summed E-state index contributed by atoms with van der Waals surface area (Å²) in [6, 6.07) is 19.7. The van der Waals surface area contributed by atoms with Crippen LogP contribution < -0.4 is 4.74 Å². The molecule has 0 aliphatic heterocycles. The number of benzene rings is 3. The summed E-state index contributed by atoms with van der Waals surface area (Å²) < 4.78 is 19.3. The van der Waals surface area contributed by atoms with Crippen molar-refractivity contribution in [2.75, 3.05) is 0 Å². The number of esters is 1. The molecular weight excluding hydrogens is 339 g/mol. The molecule has 0 saturated heterocycles. The van der Waals surface area contributed by atoms with E-state index in [0.29, 0.717) is 18.4 Å². The Hall–Kier alpha value is -3.38. The van der Waals surface area contributed by atoms with Gasteiger partial charge in [0, 0.05) is 6.42 Å². The Morgan fingerprint density at radius 1 is 1.00 bits per heavy atom. The van der Waals surface area contributed by atoms with E-state index < -0.39 is 11.8 Å². The molecule has 0 heterocycles. The Kier molecular flexibility index (Phi) is 5.68. The van der Waals surface area contributed by atoms with Crippen LogP contribution in [0, 0.1) is 25.1 Å². The molecule has 0 saturated carbocycles. The lowest BCUT2D eigenvalue weighted by atomic mass is 10.0. The van der Waals surface area contributed by atoms with E-state index in [-0.39, 0.29) is 5.75 Å². The molecule has 0 atom stereocenters. The highest BCUT2D eigenvalue weighted by atomic mass is 19.1. The van der Waals surface area contributed by atoms with Gasteiger partial charge in [0.2, 0.25) is 0 Å². The Morgan fingerprint density at radius 2 is 1.63 bits per heavy atom. The van der Waals surface area contributed by atoms with Crippen LogP contribution in [0.5, 0.6) is 5.75 Å². The van der Waals surface area contributed by atoms with Crippen molar-refractivity contribution in [3.63, 3.8) is 0 Å². The maximum Gasteiger partial charge on any atom is 0.343 e. The van der Waals surface area contributed by atoms with Crippen molar-refractivity contribution in [2.24, 2.45) is 0 Å². The molecule has 3 aromatic carbocycles. The molecule has 0 aromatic heterocycles. The number of hydrogen-bond donors (Lipinski definition) is 0. The molecule has 0 fully saturated rings. The Balaban J connectivity index is 1.71. The molecule has 2 nitrogen and oxygen atoms in total. The third-order valence-corrected chi connectivity index (χ3v) is 4.26. The second kappa shape index (κ2) is 8.33. The van der Waals surface area contributed by atoms with Crippen LogP contribution in [0.3, 0.4) is 0 Å². The van der Waals surface area contributed by atoms with Gasteiger partial charge in [0.1, 0.15) is 0 Å². The number of ether oxygens (including phenoxy) is 1. The Labute approximate surface area is 158 Å². The minimum absolute atomic E-state index is 0.0907. The molecule has 3 rings (SSSR count). The lowest BCUT2D eigenvalue weighted by Crippen LogP contribution is -2.09. The summed E-state index contributed by atoms with van der Waals surface area (Å²) in [5.41, 5.74) is 4.38. The van der Waals surface area contributed by atoms with E-state index in [2.05, 4.69) is 5.92 Å². The number of carbonyl (C=O) groups excluding carboxylic acids is 1. The van der Waals surface area contributed by atoms with Crippen LogP contribution in [-0.4, -0.2) is 5.97 Å². The van der Waals surface area contributed by atoms with Gasteiger partial charge in [-0.3, -0.25) is 0 Å². The highest BCUT2D eigenvalue weighted by molar-refractivity contribution is 5.91. The van der Waals surface area contributed by atoms with E-state index in [4.69, 9.17) is 11.2 Å². The summed E-state index contributed by atoms with van der Waals surface area (Å²) >= 11 is 0. The normalized spacial score (nSPS) is 10.3. The lowest BCUT2D eigenvalue weighted by molar-refractivity contribution is 0.0728. The topological polar surface area (TPSA) is 26.3 Å². The molecule has 27 heavy (non-hydrogen) atoms. The maximum atomic E-state index is 14.1. The SMILES string of the molecule is C#CCCc1ccc(OC(=O)c2ccc(-c3ccc(C)cc3)cc2)c(F)c1. The van der Waals surface area contributed by atoms with E-state index in [1.54, 1.807) is 18.2 Å². The van der Waals surface area contributed by atoms with Gasteiger partial charge in [0.05, 0.1) is 5.56 Å². The van der Waals surface area contributed by atoms with Crippen molar-refractivity contribution in [3.8, 4) is 29.2 Å². The number of halogens is 1. The number of aryl methyl sites for hydroxylation is 2. The van der Waals surface area contributed by atoms with Crippen LogP contribution >= 0.6 is 0 Å². The largest absolute Gasteiger partial charge is 0.420 e. The van der Waals surface area contributed by atoms with E-state index in [0.717, 1.165) is 16.7 Å². The average Bonchev–Trinajstić information content (AvgIpc) is 2.69. The van der Waals surface area contributed by atoms with Crippen LogP contribution in [0.15, 0.2) is 66.7 Å². The number of rotatable bonds is 5. The smallest absolute Gasteiger partial charge is 0.343 e. The fourth-order valence-electron chi connectivity index (χ4n) is 2.70. The van der Waals surface area contributed by atoms with Crippen molar-refractivity contribution >= 4 is 5.97 Å². The van der Waals surface area contributed by atoms with Gasteiger partial charge < -0.3 is 4.74 Å². The van der Waals surface area contributed by atoms with Gasteiger partial charge in [-0.05, 0) is 54.3 Å². The highest BCUT2D eigenvalue weighted by Crippen LogP contribution is 2.23. The molecule has 134 valence electrons. The second-order valence-corrected chi connectivity index (χ2v) is 6.30. The molecule has 0 bridgehead atoms. The molecule has 0 radical (unpaired) electrons. The molecule has 0 N–H and O–H groups in total. The zero-order valence-electron chi connectivity index (χ0n) is 15.0.